The van der Waals surface area contributed by atoms with Crippen molar-refractivity contribution in [2.75, 3.05) is 40.3 Å². The molecule has 4 nitrogen and oxygen atoms in total. The van der Waals surface area contributed by atoms with Gasteiger partial charge in [-0.05, 0) is 68.9 Å². The number of carbonyl (C=O) groups excluding carboxylic acids is 1. The number of piperidine rings is 1. The molecule has 3 rings (SSSR count). The van der Waals surface area contributed by atoms with Crippen molar-refractivity contribution in [2.24, 2.45) is 0 Å². The summed E-state index contributed by atoms with van der Waals surface area (Å²) in [6.45, 7) is 3.81. The SMILES string of the molecule is CN(C)CCNC(=O)C[C@H]1CC2(CCNCC2)c2ccccc21. The van der Waals surface area contributed by atoms with Gasteiger partial charge in [0.25, 0.3) is 0 Å². The Morgan fingerprint density at radius 3 is 2.78 bits per heavy atom. The van der Waals surface area contributed by atoms with Crippen LogP contribution in [-0.4, -0.2) is 51.1 Å². The fourth-order valence-electron chi connectivity index (χ4n) is 4.30. The first-order valence-corrected chi connectivity index (χ1v) is 8.82. The van der Waals surface area contributed by atoms with Crippen LogP contribution >= 0.6 is 0 Å². The number of rotatable bonds is 5. The van der Waals surface area contributed by atoms with Gasteiger partial charge >= 0.3 is 0 Å². The summed E-state index contributed by atoms with van der Waals surface area (Å²) < 4.78 is 0. The van der Waals surface area contributed by atoms with Crippen molar-refractivity contribution in [3.8, 4) is 0 Å². The van der Waals surface area contributed by atoms with Crippen LogP contribution in [0.4, 0.5) is 0 Å². The van der Waals surface area contributed by atoms with Gasteiger partial charge in [0, 0.05) is 19.5 Å². The molecule has 126 valence electrons. The molecule has 2 aliphatic rings. The summed E-state index contributed by atoms with van der Waals surface area (Å²) in [5, 5.41) is 6.55. The lowest BCUT2D eigenvalue weighted by Gasteiger charge is -2.35. The number of nitrogens with zero attached hydrogens (tertiary/aromatic N) is 1. The van der Waals surface area contributed by atoms with Crippen molar-refractivity contribution < 1.29 is 4.79 Å². The standard InChI is InChI=1S/C19H29N3O/c1-22(2)12-11-21-18(23)13-15-14-19(7-9-20-10-8-19)17-6-4-3-5-16(15)17/h3-6,15,20H,7-14H2,1-2H3,(H,21,23)/t15-/m0/s1. The second-order valence-electron chi connectivity index (χ2n) is 7.38. The quantitative estimate of drug-likeness (QED) is 0.872. The molecular formula is C19H29N3O. The zero-order valence-corrected chi connectivity index (χ0v) is 14.4. The van der Waals surface area contributed by atoms with Gasteiger partial charge in [0.15, 0.2) is 0 Å². The number of benzene rings is 1. The Balaban J connectivity index is 1.68. The lowest BCUT2D eigenvalue weighted by molar-refractivity contribution is -0.121. The number of likely N-dealkylation sites (N-methyl/N-ethyl adjacent to an activating group) is 1. The highest BCUT2D eigenvalue weighted by molar-refractivity contribution is 5.77. The van der Waals surface area contributed by atoms with Crippen LogP contribution in [0.3, 0.4) is 0 Å². The molecule has 1 fully saturated rings. The third kappa shape index (κ3) is 3.59. The molecule has 1 heterocycles. The van der Waals surface area contributed by atoms with Gasteiger partial charge in [-0.25, -0.2) is 0 Å². The van der Waals surface area contributed by atoms with E-state index in [0.717, 1.165) is 32.6 Å². The van der Waals surface area contributed by atoms with E-state index in [4.69, 9.17) is 0 Å². The number of fused-ring (bicyclic) bond motifs is 2. The Bertz CT molecular complexity index is 549. The van der Waals surface area contributed by atoms with Gasteiger partial charge in [-0.1, -0.05) is 24.3 Å². The first-order valence-electron chi connectivity index (χ1n) is 8.82. The van der Waals surface area contributed by atoms with Gasteiger partial charge in [0.2, 0.25) is 5.91 Å². The normalized spacial score (nSPS) is 22.3. The highest BCUT2D eigenvalue weighted by atomic mass is 16.1. The van der Waals surface area contributed by atoms with Crippen LogP contribution < -0.4 is 10.6 Å². The largest absolute Gasteiger partial charge is 0.355 e. The molecule has 1 amide bonds. The molecule has 1 aliphatic heterocycles. The summed E-state index contributed by atoms with van der Waals surface area (Å²) in [5.41, 5.74) is 3.22. The van der Waals surface area contributed by atoms with Crippen LogP contribution in [0.15, 0.2) is 24.3 Å². The smallest absolute Gasteiger partial charge is 0.220 e. The van der Waals surface area contributed by atoms with E-state index in [-0.39, 0.29) is 5.91 Å². The summed E-state index contributed by atoms with van der Waals surface area (Å²) in [7, 11) is 4.06. The van der Waals surface area contributed by atoms with E-state index in [1.807, 2.05) is 14.1 Å². The molecule has 2 N–H and O–H groups in total. The Kier molecular flexibility index (Phi) is 5.02. The second kappa shape index (κ2) is 7.02. The van der Waals surface area contributed by atoms with E-state index in [1.165, 1.54) is 24.0 Å². The number of hydrogen-bond acceptors (Lipinski definition) is 3. The van der Waals surface area contributed by atoms with E-state index >= 15 is 0 Å². The summed E-state index contributed by atoms with van der Waals surface area (Å²) in [4.78, 5) is 14.4. The molecule has 0 aromatic heterocycles. The lowest BCUT2D eigenvalue weighted by atomic mass is 9.73. The van der Waals surface area contributed by atoms with Crippen LogP contribution in [0.25, 0.3) is 0 Å². The first-order chi connectivity index (χ1) is 11.1. The first kappa shape index (κ1) is 16.5. The zero-order chi connectivity index (χ0) is 16.3. The van der Waals surface area contributed by atoms with Crippen molar-refractivity contribution >= 4 is 5.91 Å². The zero-order valence-electron chi connectivity index (χ0n) is 14.4. The van der Waals surface area contributed by atoms with Crippen molar-refractivity contribution in [3.63, 3.8) is 0 Å². The van der Waals surface area contributed by atoms with Crippen LogP contribution in [-0.2, 0) is 10.2 Å². The molecule has 1 aliphatic carbocycles. The van der Waals surface area contributed by atoms with E-state index in [2.05, 4.69) is 39.8 Å². The average molecular weight is 315 g/mol. The molecule has 1 saturated heterocycles. The van der Waals surface area contributed by atoms with E-state index < -0.39 is 0 Å². The fourth-order valence-corrected chi connectivity index (χ4v) is 4.30. The molecule has 1 aromatic carbocycles. The van der Waals surface area contributed by atoms with Gasteiger partial charge in [-0.3, -0.25) is 4.79 Å². The topological polar surface area (TPSA) is 44.4 Å². The van der Waals surface area contributed by atoms with E-state index in [1.54, 1.807) is 0 Å². The number of amides is 1. The molecule has 1 spiro atoms. The van der Waals surface area contributed by atoms with Gasteiger partial charge in [-0.2, -0.15) is 0 Å². The average Bonchev–Trinajstić information content (AvgIpc) is 2.82. The third-order valence-corrected chi connectivity index (χ3v) is 5.48. The van der Waals surface area contributed by atoms with Crippen LogP contribution in [0.2, 0.25) is 0 Å². The molecule has 0 saturated carbocycles. The Morgan fingerprint density at radius 2 is 2.04 bits per heavy atom. The molecule has 4 heteroatoms. The maximum absolute atomic E-state index is 12.3. The van der Waals surface area contributed by atoms with E-state index in [0.29, 0.717) is 17.8 Å². The minimum atomic E-state index is 0.192. The summed E-state index contributed by atoms with van der Waals surface area (Å²) in [5.74, 6) is 0.571. The molecule has 0 radical (unpaired) electrons. The summed E-state index contributed by atoms with van der Waals surface area (Å²) in [6, 6.07) is 8.81. The molecule has 0 unspecified atom stereocenters. The lowest BCUT2D eigenvalue weighted by Crippen LogP contribution is -2.38. The van der Waals surface area contributed by atoms with Gasteiger partial charge in [0.1, 0.15) is 0 Å². The van der Waals surface area contributed by atoms with Crippen LogP contribution in [0.5, 0.6) is 0 Å². The Morgan fingerprint density at radius 1 is 1.30 bits per heavy atom. The maximum Gasteiger partial charge on any atom is 0.220 e. The van der Waals surface area contributed by atoms with Crippen molar-refractivity contribution in [1.29, 1.82) is 0 Å². The molecule has 1 atom stereocenters. The summed E-state index contributed by atoms with van der Waals surface area (Å²) in [6.07, 6.45) is 4.15. The molecular weight excluding hydrogens is 286 g/mol. The third-order valence-electron chi connectivity index (χ3n) is 5.48. The fraction of sp³-hybridized carbons (Fsp3) is 0.632. The predicted molar refractivity (Wildman–Crippen MR) is 93.8 cm³/mol. The van der Waals surface area contributed by atoms with Gasteiger partial charge in [0.05, 0.1) is 0 Å². The number of carbonyl (C=O) groups is 1. The Labute approximate surface area is 139 Å². The number of hydrogen-bond donors (Lipinski definition) is 2. The molecule has 1 aromatic rings. The minimum Gasteiger partial charge on any atom is -0.355 e. The van der Waals surface area contributed by atoms with Gasteiger partial charge < -0.3 is 15.5 Å². The van der Waals surface area contributed by atoms with Gasteiger partial charge in [-0.15, -0.1) is 0 Å². The van der Waals surface area contributed by atoms with Crippen molar-refractivity contribution in [1.82, 2.24) is 15.5 Å². The summed E-state index contributed by atoms with van der Waals surface area (Å²) >= 11 is 0. The van der Waals surface area contributed by atoms with Crippen LogP contribution in [0.1, 0.15) is 42.7 Å². The number of nitrogens with one attached hydrogen (secondary N) is 2. The van der Waals surface area contributed by atoms with E-state index in [9.17, 15) is 4.79 Å². The molecule has 0 bridgehead atoms. The maximum atomic E-state index is 12.3. The van der Waals surface area contributed by atoms with Crippen molar-refractivity contribution in [3.05, 3.63) is 35.4 Å². The highest BCUT2D eigenvalue weighted by Crippen LogP contribution is 2.51. The predicted octanol–water partition coefficient (Wildman–Crippen LogP) is 1.86. The minimum absolute atomic E-state index is 0.192. The molecule has 23 heavy (non-hydrogen) atoms. The second-order valence-corrected chi connectivity index (χ2v) is 7.38. The monoisotopic (exact) mass is 315 g/mol. The Hall–Kier alpha value is -1.39. The van der Waals surface area contributed by atoms with Crippen molar-refractivity contribution in [2.45, 2.75) is 37.0 Å². The van der Waals surface area contributed by atoms with Crippen LogP contribution in [0, 0.1) is 0 Å². The highest BCUT2D eigenvalue weighted by Gasteiger charge is 2.44.